The molecule has 1 fully saturated rings. The minimum Gasteiger partial charge on any atom is -0.339 e. The van der Waals surface area contributed by atoms with Crippen molar-refractivity contribution in [2.75, 3.05) is 31.9 Å². The summed E-state index contributed by atoms with van der Waals surface area (Å²) >= 11 is 1.12. The number of carbonyl (C=O) groups excluding carboxylic acids is 1. The lowest BCUT2D eigenvalue weighted by Crippen LogP contribution is -2.51. The summed E-state index contributed by atoms with van der Waals surface area (Å²) in [5.41, 5.74) is -0.0682. The van der Waals surface area contributed by atoms with Crippen molar-refractivity contribution in [2.45, 2.75) is 17.1 Å². The Morgan fingerprint density at radius 2 is 1.63 bits per heavy atom. The van der Waals surface area contributed by atoms with Crippen LogP contribution in [0.25, 0.3) is 0 Å². The van der Waals surface area contributed by atoms with Gasteiger partial charge in [0.05, 0.1) is 10.6 Å². The number of hydrogen-bond acceptors (Lipinski definition) is 4. The molecule has 1 amide bonds. The van der Waals surface area contributed by atoms with E-state index in [-0.39, 0.29) is 48.3 Å². The molecule has 1 aliphatic rings. The van der Waals surface area contributed by atoms with Crippen LogP contribution in [-0.4, -0.2) is 55.5 Å². The largest absolute Gasteiger partial charge is 0.339 e. The minimum atomic E-state index is -3.84. The average Bonchev–Trinajstić information content (AvgIpc) is 2.72. The molecule has 0 spiro atoms. The van der Waals surface area contributed by atoms with E-state index in [1.807, 2.05) is 0 Å². The van der Waals surface area contributed by atoms with Gasteiger partial charge in [-0.05, 0) is 37.3 Å². The zero-order chi connectivity index (χ0) is 21.9. The van der Waals surface area contributed by atoms with E-state index in [0.29, 0.717) is 0 Å². The summed E-state index contributed by atoms with van der Waals surface area (Å²) in [5, 5.41) is -0.551. The van der Waals surface area contributed by atoms with Gasteiger partial charge in [0, 0.05) is 37.0 Å². The van der Waals surface area contributed by atoms with E-state index in [1.165, 1.54) is 45.6 Å². The maximum absolute atomic E-state index is 13.9. The van der Waals surface area contributed by atoms with E-state index < -0.39 is 32.7 Å². The molecule has 10 heteroatoms. The molecule has 1 atom stereocenters. The number of thioether (sulfide) groups is 1. The fourth-order valence-electron chi connectivity index (χ4n) is 3.22. The molecule has 2 aromatic carbocycles. The first-order chi connectivity index (χ1) is 14.2. The maximum atomic E-state index is 13.9. The maximum Gasteiger partial charge on any atom is 0.243 e. The monoisotopic (exact) mass is 458 g/mol. The smallest absolute Gasteiger partial charge is 0.243 e. The number of carbonyl (C=O) groups is 1. The van der Waals surface area contributed by atoms with Crippen LogP contribution in [0, 0.1) is 17.5 Å². The first-order valence-corrected chi connectivity index (χ1v) is 11.8. The second kappa shape index (κ2) is 9.40. The Morgan fingerprint density at radius 3 is 2.23 bits per heavy atom. The highest BCUT2D eigenvalue weighted by Gasteiger charge is 2.30. The molecule has 1 heterocycles. The van der Waals surface area contributed by atoms with E-state index >= 15 is 0 Å². The highest BCUT2D eigenvalue weighted by atomic mass is 32.2. The highest BCUT2D eigenvalue weighted by molar-refractivity contribution is 8.00. The Hall–Kier alpha value is -2.04. The highest BCUT2D eigenvalue weighted by Crippen LogP contribution is 2.32. The zero-order valence-electron chi connectivity index (χ0n) is 16.2. The summed E-state index contributed by atoms with van der Waals surface area (Å²) in [6.07, 6.45) is 0. The minimum absolute atomic E-state index is 0.0194. The van der Waals surface area contributed by atoms with Gasteiger partial charge in [-0.2, -0.15) is 4.31 Å². The van der Waals surface area contributed by atoms with Crippen LogP contribution < -0.4 is 0 Å². The number of nitrogens with zero attached hydrogens (tertiary/aromatic N) is 2. The predicted molar refractivity (Wildman–Crippen MR) is 109 cm³/mol. The van der Waals surface area contributed by atoms with Gasteiger partial charge in [-0.15, -0.1) is 11.8 Å². The van der Waals surface area contributed by atoms with E-state index in [9.17, 15) is 26.4 Å². The number of hydrogen-bond donors (Lipinski definition) is 0. The lowest BCUT2D eigenvalue weighted by atomic mass is 10.1. The summed E-state index contributed by atoms with van der Waals surface area (Å²) in [6.45, 7) is 2.19. The molecule has 0 saturated carbocycles. The molecule has 0 radical (unpaired) electrons. The predicted octanol–water partition coefficient (Wildman–Crippen LogP) is 3.43. The molecule has 0 aliphatic carbocycles. The molecule has 1 unspecified atom stereocenters. The molecule has 2 aromatic rings. The van der Waals surface area contributed by atoms with Gasteiger partial charge >= 0.3 is 0 Å². The number of piperazine rings is 1. The molecular formula is C20H21F3N2O3S2. The standard InChI is InChI=1S/C20H21F3N2O3S2/c1-14(20-17(22)6-3-7-18(20)23)29-13-19(26)24-8-10-25(11-9-24)30(27,28)16-5-2-4-15(21)12-16/h2-7,12,14H,8-11,13H2,1H3. The Morgan fingerprint density at radius 1 is 1.03 bits per heavy atom. The summed E-state index contributed by atoms with van der Waals surface area (Å²) < 4.78 is 67.6. The first-order valence-electron chi connectivity index (χ1n) is 9.29. The molecule has 162 valence electrons. The molecule has 1 aliphatic heterocycles. The van der Waals surface area contributed by atoms with Gasteiger partial charge in [0.2, 0.25) is 15.9 Å². The van der Waals surface area contributed by atoms with Crippen LogP contribution in [0.4, 0.5) is 13.2 Å². The first kappa shape index (κ1) is 22.6. The summed E-state index contributed by atoms with van der Waals surface area (Å²) in [5.74, 6) is -2.16. The van der Waals surface area contributed by atoms with Crippen LogP contribution in [0.5, 0.6) is 0 Å². The number of amides is 1. The fraction of sp³-hybridized carbons (Fsp3) is 0.350. The number of benzene rings is 2. The van der Waals surface area contributed by atoms with E-state index in [2.05, 4.69) is 0 Å². The lowest BCUT2D eigenvalue weighted by Gasteiger charge is -2.34. The number of sulfonamides is 1. The van der Waals surface area contributed by atoms with E-state index in [4.69, 9.17) is 0 Å². The Balaban J connectivity index is 1.55. The van der Waals surface area contributed by atoms with Crippen LogP contribution in [0.3, 0.4) is 0 Å². The van der Waals surface area contributed by atoms with Gasteiger partial charge in [-0.1, -0.05) is 12.1 Å². The lowest BCUT2D eigenvalue weighted by molar-refractivity contribution is -0.129. The van der Waals surface area contributed by atoms with Crippen molar-refractivity contribution in [2.24, 2.45) is 0 Å². The topological polar surface area (TPSA) is 57.7 Å². The zero-order valence-corrected chi connectivity index (χ0v) is 17.9. The van der Waals surface area contributed by atoms with Crippen LogP contribution in [0.2, 0.25) is 0 Å². The quantitative estimate of drug-likeness (QED) is 0.666. The van der Waals surface area contributed by atoms with E-state index in [0.717, 1.165) is 17.8 Å². The molecule has 0 N–H and O–H groups in total. The van der Waals surface area contributed by atoms with Crippen LogP contribution in [0.15, 0.2) is 47.4 Å². The molecule has 0 bridgehead atoms. The van der Waals surface area contributed by atoms with Crippen LogP contribution in [-0.2, 0) is 14.8 Å². The van der Waals surface area contributed by atoms with Gasteiger partial charge in [-0.25, -0.2) is 21.6 Å². The second-order valence-electron chi connectivity index (χ2n) is 6.83. The molecular weight excluding hydrogens is 437 g/mol. The van der Waals surface area contributed by atoms with E-state index in [1.54, 1.807) is 6.92 Å². The molecule has 5 nitrogen and oxygen atoms in total. The van der Waals surface area contributed by atoms with Crippen molar-refractivity contribution < 1.29 is 26.4 Å². The van der Waals surface area contributed by atoms with Crippen LogP contribution >= 0.6 is 11.8 Å². The molecule has 30 heavy (non-hydrogen) atoms. The van der Waals surface area contributed by atoms with Crippen molar-refractivity contribution in [3.8, 4) is 0 Å². The van der Waals surface area contributed by atoms with Crippen molar-refractivity contribution in [1.29, 1.82) is 0 Å². The summed E-state index contributed by atoms with van der Waals surface area (Å²) in [6, 6.07) is 8.43. The second-order valence-corrected chi connectivity index (χ2v) is 10.1. The van der Waals surface area contributed by atoms with Gasteiger partial charge in [0.25, 0.3) is 0 Å². The number of rotatable bonds is 6. The van der Waals surface area contributed by atoms with Gasteiger partial charge < -0.3 is 4.90 Å². The van der Waals surface area contributed by atoms with Crippen molar-refractivity contribution >= 4 is 27.7 Å². The molecule has 0 aromatic heterocycles. The summed E-state index contributed by atoms with van der Waals surface area (Å²) in [4.78, 5) is 13.9. The Bertz CT molecular complexity index is 1010. The molecule has 1 saturated heterocycles. The third-order valence-electron chi connectivity index (χ3n) is 4.89. The molecule has 3 rings (SSSR count). The third kappa shape index (κ3) is 4.98. The van der Waals surface area contributed by atoms with Crippen molar-refractivity contribution in [3.63, 3.8) is 0 Å². The van der Waals surface area contributed by atoms with Gasteiger partial charge in [0.15, 0.2) is 0 Å². The SMILES string of the molecule is CC(SCC(=O)N1CCN(S(=O)(=O)c2cccc(F)c2)CC1)c1c(F)cccc1F. The van der Waals surface area contributed by atoms with Crippen molar-refractivity contribution in [1.82, 2.24) is 9.21 Å². The third-order valence-corrected chi connectivity index (χ3v) is 7.93. The Labute approximate surface area is 177 Å². The average molecular weight is 459 g/mol. The van der Waals surface area contributed by atoms with Crippen LogP contribution in [0.1, 0.15) is 17.7 Å². The van der Waals surface area contributed by atoms with Gasteiger partial charge in [0.1, 0.15) is 17.5 Å². The van der Waals surface area contributed by atoms with Crippen molar-refractivity contribution in [3.05, 3.63) is 65.5 Å². The summed E-state index contributed by atoms with van der Waals surface area (Å²) in [7, 11) is -3.84. The fourth-order valence-corrected chi connectivity index (χ4v) is 5.65. The normalized spacial score (nSPS) is 16.5. The van der Waals surface area contributed by atoms with Gasteiger partial charge in [-0.3, -0.25) is 4.79 Å². The number of halogens is 3. The Kier molecular flexibility index (Phi) is 7.10.